The van der Waals surface area contributed by atoms with Crippen LogP contribution in [0, 0.1) is 0 Å². The molecule has 4 atom stereocenters. The predicted octanol–water partition coefficient (Wildman–Crippen LogP) is -2.41. The molecule has 14 heteroatoms. The number of aliphatic carboxylic acids is 2. The number of carbonyl (C=O) groups excluding carboxylic acids is 3. The number of hydrogen-bond acceptors (Lipinski definition) is 9. The number of rotatable bonds is 18. The number of unbranched alkanes of at least 4 members (excludes halogenated alkanes) is 1. The van der Waals surface area contributed by atoms with Crippen LogP contribution in [0.4, 0.5) is 0 Å². The second-order valence-electron chi connectivity index (χ2n) is 7.31. The van der Waals surface area contributed by atoms with Gasteiger partial charge in [0.05, 0.1) is 12.6 Å². The molecular formula is C19H35N5O8S. The molecule has 10 N–H and O–H groups in total. The van der Waals surface area contributed by atoms with Crippen molar-refractivity contribution in [3.63, 3.8) is 0 Å². The van der Waals surface area contributed by atoms with Gasteiger partial charge in [0, 0.05) is 6.42 Å². The lowest BCUT2D eigenvalue weighted by Gasteiger charge is -2.24. The first-order valence-corrected chi connectivity index (χ1v) is 11.9. The van der Waals surface area contributed by atoms with E-state index in [0.29, 0.717) is 31.6 Å². The van der Waals surface area contributed by atoms with E-state index in [9.17, 15) is 34.2 Å². The van der Waals surface area contributed by atoms with Crippen LogP contribution in [0.2, 0.25) is 0 Å². The third kappa shape index (κ3) is 13.0. The molecule has 0 fully saturated rings. The van der Waals surface area contributed by atoms with Crippen molar-refractivity contribution in [2.24, 2.45) is 11.5 Å². The highest BCUT2D eigenvalue weighted by molar-refractivity contribution is 7.98. The smallest absolute Gasteiger partial charge is 0.326 e. The maximum absolute atomic E-state index is 12.6. The van der Waals surface area contributed by atoms with E-state index in [1.807, 2.05) is 6.26 Å². The normalized spacial score (nSPS) is 14.4. The number of aliphatic hydroxyl groups is 1. The highest BCUT2D eigenvalue weighted by Crippen LogP contribution is 2.04. The molecule has 0 bridgehead atoms. The summed E-state index contributed by atoms with van der Waals surface area (Å²) in [4.78, 5) is 59.6. The van der Waals surface area contributed by atoms with Gasteiger partial charge in [0.1, 0.15) is 18.1 Å². The number of hydrogen-bond donors (Lipinski definition) is 8. The van der Waals surface area contributed by atoms with E-state index in [2.05, 4.69) is 16.0 Å². The van der Waals surface area contributed by atoms with Crippen molar-refractivity contribution in [2.75, 3.05) is 25.2 Å². The summed E-state index contributed by atoms with van der Waals surface area (Å²) in [6.45, 7) is -0.487. The van der Waals surface area contributed by atoms with Gasteiger partial charge in [-0.3, -0.25) is 19.2 Å². The van der Waals surface area contributed by atoms with Crippen molar-refractivity contribution in [1.82, 2.24) is 16.0 Å². The highest BCUT2D eigenvalue weighted by atomic mass is 32.2. The van der Waals surface area contributed by atoms with Crippen LogP contribution < -0.4 is 27.4 Å². The van der Waals surface area contributed by atoms with E-state index in [4.69, 9.17) is 16.6 Å². The Morgan fingerprint density at radius 2 is 1.42 bits per heavy atom. The molecule has 0 aromatic heterocycles. The minimum absolute atomic E-state index is 0.107. The molecule has 0 aromatic rings. The average Bonchev–Trinajstić information content (AvgIpc) is 2.76. The van der Waals surface area contributed by atoms with Gasteiger partial charge < -0.3 is 42.7 Å². The molecule has 0 saturated heterocycles. The summed E-state index contributed by atoms with van der Waals surface area (Å²) in [5.74, 6) is -4.40. The van der Waals surface area contributed by atoms with Crippen molar-refractivity contribution in [3.05, 3.63) is 0 Å². The van der Waals surface area contributed by atoms with Crippen LogP contribution in [0.3, 0.4) is 0 Å². The topological polar surface area (TPSA) is 234 Å². The third-order valence-corrected chi connectivity index (χ3v) is 5.27. The lowest BCUT2D eigenvalue weighted by Crippen LogP contribution is -2.58. The Bertz CT molecular complexity index is 666. The van der Waals surface area contributed by atoms with E-state index in [1.54, 1.807) is 0 Å². The summed E-state index contributed by atoms with van der Waals surface area (Å²) in [6, 6.07) is -5.00. The SMILES string of the molecule is CSCCC(N)C(=O)NC(CCC(=O)O)C(=O)NC(CO)C(=O)NC(CCCCN)C(=O)O. The molecule has 3 amide bonds. The lowest BCUT2D eigenvalue weighted by molar-refractivity contribution is -0.142. The highest BCUT2D eigenvalue weighted by Gasteiger charge is 2.30. The molecule has 0 aromatic carbocycles. The summed E-state index contributed by atoms with van der Waals surface area (Å²) in [7, 11) is 0. The molecule has 0 radical (unpaired) electrons. The molecule has 0 aliphatic heterocycles. The van der Waals surface area contributed by atoms with Crippen LogP contribution in [0.25, 0.3) is 0 Å². The van der Waals surface area contributed by atoms with Crippen molar-refractivity contribution in [2.45, 2.75) is 62.7 Å². The Balaban J connectivity index is 5.20. The number of carboxylic acids is 2. The number of nitrogens with two attached hydrogens (primary N) is 2. The van der Waals surface area contributed by atoms with Gasteiger partial charge in [-0.2, -0.15) is 11.8 Å². The molecule has 0 saturated carbocycles. The maximum Gasteiger partial charge on any atom is 0.326 e. The van der Waals surface area contributed by atoms with Crippen LogP contribution in [0.15, 0.2) is 0 Å². The molecule has 190 valence electrons. The molecule has 0 aliphatic carbocycles. The van der Waals surface area contributed by atoms with Gasteiger partial charge in [-0.1, -0.05) is 0 Å². The largest absolute Gasteiger partial charge is 0.481 e. The Labute approximate surface area is 196 Å². The summed E-state index contributed by atoms with van der Waals surface area (Å²) in [6.07, 6.45) is 2.56. The summed E-state index contributed by atoms with van der Waals surface area (Å²) in [5.41, 5.74) is 11.1. The van der Waals surface area contributed by atoms with E-state index >= 15 is 0 Å². The van der Waals surface area contributed by atoms with Crippen LogP contribution in [0.1, 0.15) is 38.5 Å². The lowest BCUT2D eigenvalue weighted by atomic mass is 10.1. The average molecular weight is 494 g/mol. The van der Waals surface area contributed by atoms with Crippen molar-refractivity contribution in [1.29, 1.82) is 0 Å². The molecule has 4 unspecified atom stereocenters. The molecule has 0 rings (SSSR count). The first kappa shape index (κ1) is 30.6. The fourth-order valence-electron chi connectivity index (χ4n) is 2.68. The van der Waals surface area contributed by atoms with E-state index < -0.39 is 66.9 Å². The molecule has 0 spiro atoms. The first-order chi connectivity index (χ1) is 15.6. The van der Waals surface area contributed by atoms with Gasteiger partial charge in [0.25, 0.3) is 0 Å². The van der Waals surface area contributed by atoms with Gasteiger partial charge in [-0.15, -0.1) is 0 Å². The van der Waals surface area contributed by atoms with Crippen LogP contribution in [0.5, 0.6) is 0 Å². The van der Waals surface area contributed by atoms with Gasteiger partial charge in [0.15, 0.2) is 0 Å². The summed E-state index contributed by atoms with van der Waals surface area (Å²) < 4.78 is 0. The van der Waals surface area contributed by atoms with Gasteiger partial charge in [-0.05, 0) is 50.7 Å². The number of aliphatic hydroxyl groups excluding tert-OH is 1. The van der Waals surface area contributed by atoms with Crippen LogP contribution in [-0.2, 0) is 24.0 Å². The van der Waals surface area contributed by atoms with Gasteiger partial charge in [-0.25, -0.2) is 4.79 Å². The number of amides is 3. The number of carboxylic acid groups (broad SMARTS) is 2. The number of nitrogens with one attached hydrogen (secondary N) is 3. The first-order valence-electron chi connectivity index (χ1n) is 10.5. The Morgan fingerprint density at radius 3 is 1.94 bits per heavy atom. The summed E-state index contributed by atoms with van der Waals surface area (Å²) in [5, 5.41) is 34.6. The zero-order valence-corrected chi connectivity index (χ0v) is 19.4. The minimum atomic E-state index is -1.51. The third-order valence-electron chi connectivity index (χ3n) is 4.63. The van der Waals surface area contributed by atoms with Crippen molar-refractivity contribution in [3.8, 4) is 0 Å². The second-order valence-corrected chi connectivity index (χ2v) is 8.29. The maximum atomic E-state index is 12.6. The van der Waals surface area contributed by atoms with E-state index in [0.717, 1.165) is 0 Å². The predicted molar refractivity (Wildman–Crippen MR) is 121 cm³/mol. The number of carbonyl (C=O) groups is 5. The monoisotopic (exact) mass is 493 g/mol. The standard InChI is InChI=1S/C19H35N5O8S/c1-33-9-7-11(21)16(28)22-12(5-6-15(26)27)17(29)24-14(10-25)18(30)23-13(19(31)32)4-2-3-8-20/h11-14,25H,2-10,20-21H2,1H3,(H,22,28)(H,23,30)(H,24,29)(H,26,27)(H,31,32). The Kier molecular flexibility index (Phi) is 15.9. The molecular weight excluding hydrogens is 458 g/mol. The summed E-state index contributed by atoms with van der Waals surface area (Å²) >= 11 is 1.48. The van der Waals surface area contributed by atoms with Gasteiger partial charge in [0.2, 0.25) is 17.7 Å². The van der Waals surface area contributed by atoms with E-state index in [1.165, 1.54) is 11.8 Å². The molecule has 33 heavy (non-hydrogen) atoms. The van der Waals surface area contributed by atoms with E-state index in [-0.39, 0.29) is 12.8 Å². The zero-order valence-electron chi connectivity index (χ0n) is 18.6. The second kappa shape index (κ2) is 17.1. The molecule has 13 nitrogen and oxygen atoms in total. The quantitative estimate of drug-likeness (QED) is 0.0936. The Hall–Kier alpha value is -2.42. The molecule has 0 heterocycles. The minimum Gasteiger partial charge on any atom is -0.481 e. The zero-order chi connectivity index (χ0) is 25.4. The van der Waals surface area contributed by atoms with Crippen LogP contribution >= 0.6 is 11.8 Å². The Morgan fingerprint density at radius 1 is 0.848 bits per heavy atom. The van der Waals surface area contributed by atoms with Crippen LogP contribution in [-0.4, -0.2) is 94.3 Å². The molecule has 0 aliphatic rings. The number of thioether (sulfide) groups is 1. The van der Waals surface area contributed by atoms with Crippen molar-refractivity contribution >= 4 is 41.4 Å². The fraction of sp³-hybridized carbons (Fsp3) is 0.737. The van der Waals surface area contributed by atoms with Crippen molar-refractivity contribution < 1.29 is 39.3 Å². The van der Waals surface area contributed by atoms with Gasteiger partial charge >= 0.3 is 11.9 Å². The fourth-order valence-corrected chi connectivity index (χ4v) is 3.17.